The molecule has 0 spiro atoms. The van der Waals surface area contributed by atoms with Crippen LogP contribution in [0.4, 0.5) is 0 Å². The van der Waals surface area contributed by atoms with Crippen LogP contribution in [-0.2, 0) is 29.0 Å². The van der Waals surface area contributed by atoms with Gasteiger partial charge in [0.15, 0.2) is 0 Å². The second-order valence-electron chi connectivity index (χ2n) is 10.0. The van der Waals surface area contributed by atoms with Gasteiger partial charge in [0.05, 0.1) is 6.42 Å². The van der Waals surface area contributed by atoms with Gasteiger partial charge in [0.1, 0.15) is 6.04 Å². The monoisotopic (exact) mass is 546 g/mol. The molecule has 1 aliphatic rings. The molecule has 0 unspecified atom stereocenters. The standard InChI is InChI=1S/C31H35BrN2O2/c1-22-16-23(2)18-26(17-22)20-30(35)34(21-25-12-14-27(32)15-13-25)29(19-24-8-4-3-5-9-24)31(36)33-28-10-6-7-11-28/h3-5,8-9,12-18,28-29H,6-7,10-11,19-21H2,1-2H3,(H,33,36)/t29-/m1/s1. The maximum absolute atomic E-state index is 13.9. The van der Waals surface area contributed by atoms with E-state index in [0.29, 0.717) is 13.0 Å². The van der Waals surface area contributed by atoms with Crippen LogP contribution >= 0.6 is 15.9 Å². The van der Waals surface area contributed by atoms with Crippen molar-refractivity contribution in [1.29, 1.82) is 0 Å². The van der Waals surface area contributed by atoms with Crippen LogP contribution in [0, 0.1) is 13.8 Å². The highest BCUT2D eigenvalue weighted by Gasteiger charge is 2.32. The molecule has 1 N–H and O–H groups in total. The highest BCUT2D eigenvalue weighted by Crippen LogP contribution is 2.21. The van der Waals surface area contributed by atoms with Crippen LogP contribution in [0.5, 0.6) is 0 Å². The van der Waals surface area contributed by atoms with Crippen molar-refractivity contribution in [1.82, 2.24) is 10.2 Å². The van der Waals surface area contributed by atoms with Crippen LogP contribution < -0.4 is 5.32 Å². The first-order valence-corrected chi connectivity index (χ1v) is 13.6. The molecule has 4 nitrogen and oxygen atoms in total. The molecule has 0 radical (unpaired) electrons. The number of aryl methyl sites for hydroxylation is 2. The van der Waals surface area contributed by atoms with Crippen molar-refractivity contribution in [3.63, 3.8) is 0 Å². The smallest absolute Gasteiger partial charge is 0.243 e. The quantitative estimate of drug-likeness (QED) is 0.342. The van der Waals surface area contributed by atoms with E-state index in [2.05, 4.69) is 39.4 Å². The van der Waals surface area contributed by atoms with E-state index in [1.54, 1.807) is 4.90 Å². The summed E-state index contributed by atoms with van der Waals surface area (Å²) < 4.78 is 0.985. The number of benzene rings is 3. The van der Waals surface area contributed by atoms with Gasteiger partial charge in [-0.3, -0.25) is 9.59 Å². The van der Waals surface area contributed by atoms with E-state index in [-0.39, 0.29) is 24.3 Å². The molecule has 1 saturated carbocycles. The summed E-state index contributed by atoms with van der Waals surface area (Å²) in [4.78, 5) is 29.4. The van der Waals surface area contributed by atoms with Crippen molar-refractivity contribution in [3.05, 3.63) is 105 Å². The first-order chi connectivity index (χ1) is 17.4. The molecule has 4 rings (SSSR count). The van der Waals surface area contributed by atoms with E-state index in [1.165, 1.54) is 0 Å². The fraction of sp³-hybridized carbons (Fsp3) is 0.355. The van der Waals surface area contributed by atoms with Crippen molar-refractivity contribution in [3.8, 4) is 0 Å². The summed E-state index contributed by atoms with van der Waals surface area (Å²) in [6.45, 7) is 4.48. The van der Waals surface area contributed by atoms with Crippen LogP contribution in [0.15, 0.2) is 77.3 Å². The van der Waals surface area contributed by atoms with Crippen molar-refractivity contribution >= 4 is 27.7 Å². The van der Waals surface area contributed by atoms with Gasteiger partial charge in [0.25, 0.3) is 0 Å². The summed E-state index contributed by atoms with van der Waals surface area (Å²) in [5.41, 5.74) is 5.30. The zero-order valence-electron chi connectivity index (χ0n) is 21.2. The predicted octanol–water partition coefficient (Wildman–Crippen LogP) is 6.31. The Balaban J connectivity index is 1.66. The molecule has 0 aromatic heterocycles. The lowest BCUT2D eigenvalue weighted by molar-refractivity contribution is -0.141. The number of hydrogen-bond donors (Lipinski definition) is 1. The molecule has 5 heteroatoms. The second-order valence-corrected chi connectivity index (χ2v) is 10.9. The van der Waals surface area contributed by atoms with Crippen LogP contribution in [0.3, 0.4) is 0 Å². The van der Waals surface area contributed by atoms with E-state index in [4.69, 9.17) is 0 Å². The largest absolute Gasteiger partial charge is 0.352 e. The van der Waals surface area contributed by atoms with E-state index < -0.39 is 6.04 Å². The highest BCUT2D eigenvalue weighted by atomic mass is 79.9. The maximum atomic E-state index is 13.9. The topological polar surface area (TPSA) is 49.4 Å². The van der Waals surface area contributed by atoms with Crippen LogP contribution in [0.25, 0.3) is 0 Å². The molecule has 188 valence electrons. The first kappa shape index (κ1) is 26.2. The van der Waals surface area contributed by atoms with Crippen molar-refractivity contribution in [2.45, 2.75) is 71.0 Å². The molecule has 0 bridgehead atoms. The third kappa shape index (κ3) is 7.30. The average Bonchev–Trinajstić information content (AvgIpc) is 3.35. The molecule has 1 atom stereocenters. The number of amides is 2. The van der Waals surface area contributed by atoms with Gasteiger partial charge in [-0.05, 0) is 55.5 Å². The van der Waals surface area contributed by atoms with Gasteiger partial charge in [0, 0.05) is 23.5 Å². The minimum Gasteiger partial charge on any atom is -0.352 e. The lowest BCUT2D eigenvalue weighted by atomic mass is 10.00. The number of nitrogens with one attached hydrogen (secondary N) is 1. The summed E-state index contributed by atoms with van der Waals surface area (Å²) in [7, 11) is 0. The van der Waals surface area contributed by atoms with Gasteiger partial charge in [0.2, 0.25) is 11.8 Å². The predicted molar refractivity (Wildman–Crippen MR) is 149 cm³/mol. The zero-order valence-corrected chi connectivity index (χ0v) is 22.8. The van der Waals surface area contributed by atoms with Crippen LogP contribution in [0.2, 0.25) is 0 Å². The van der Waals surface area contributed by atoms with Gasteiger partial charge in [-0.15, -0.1) is 0 Å². The van der Waals surface area contributed by atoms with Crippen molar-refractivity contribution < 1.29 is 9.59 Å². The fourth-order valence-electron chi connectivity index (χ4n) is 5.16. The Morgan fingerprint density at radius 1 is 0.889 bits per heavy atom. The number of hydrogen-bond acceptors (Lipinski definition) is 2. The molecule has 3 aromatic rings. The number of carbonyl (C=O) groups excluding carboxylic acids is 2. The third-order valence-electron chi connectivity index (χ3n) is 6.88. The van der Waals surface area contributed by atoms with E-state index in [9.17, 15) is 9.59 Å². The molecule has 1 fully saturated rings. The Morgan fingerprint density at radius 2 is 1.53 bits per heavy atom. The van der Waals surface area contributed by atoms with Gasteiger partial charge in [-0.1, -0.05) is 101 Å². The zero-order chi connectivity index (χ0) is 25.5. The Bertz CT molecular complexity index is 1150. The molecular formula is C31H35BrN2O2. The normalized spacial score (nSPS) is 14.4. The number of nitrogens with zero attached hydrogens (tertiary/aromatic N) is 1. The first-order valence-electron chi connectivity index (χ1n) is 12.8. The van der Waals surface area contributed by atoms with Crippen molar-refractivity contribution in [2.75, 3.05) is 0 Å². The lowest BCUT2D eigenvalue weighted by Gasteiger charge is -2.32. The average molecular weight is 548 g/mol. The van der Waals surface area contributed by atoms with Gasteiger partial charge >= 0.3 is 0 Å². The van der Waals surface area contributed by atoms with Gasteiger partial charge in [-0.2, -0.15) is 0 Å². The Kier molecular flexibility index (Phi) is 8.98. The molecule has 0 heterocycles. The summed E-state index contributed by atoms with van der Waals surface area (Å²) in [6, 6.07) is 23.8. The molecule has 36 heavy (non-hydrogen) atoms. The molecule has 2 amide bonds. The van der Waals surface area contributed by atoms with E-state index >= 15 is 0 Å². The number of halogens is 1. The summed E-state index contributed by atoms with van der Waals surface area (Å²) in [6.07, 6.45) is 5.04. The van der Waals surface area contributed by atoms with E-state index in [0.717, 1.165) is 58.0 Å². The minimum atomic E-state index is -0.588. The summed E-state index contributed by atoms with van der Waals surface area (Å²) in [5.74, 6) is -0.0953. The number of carbonyl (C=O) groups is 2. The number of rotatable bonds is 9. The Labute approximate surface area is 223 Å². The third-order valence-corrected chi connectivity index (χ3v) is 7.40. The molecule has 1 aliphatic carbocycles. The molecule has 3 aromatic carbocycles. The second kappa shape index (κ2) is 12.4. The van der Waals surface area contributed by atoms with E-state index in [1.807, 2.05) is 68.4 Å². The highest BCUT2D eigenvalue weighted by molar-refractivity contribution is 9.10. The van der Waals surface area contributed by atoms with Crippen LogP contribution in [-0.4, -0.2) is 28.8 Å². The fourth-order valence-corrected chi connectivity index (χ4v) is 5.42. The summed E-state index contributed by atoms with van der Waals surface area (Å²) in [5, 5.41) is 3.27. The summed E-state index contributed by atoms with van der Waals surface area (Å²) >= 11 is 3.50. The van der Waals surface area contributed by atoms with Gasteiger partial charge < -0.3 is 10.2 Å². The maximum Gasteiger partial charge on any atom is 0.243 e. The lowest BCUT2D eigenvalue weighted by Crippen LogP contribution is -2.52. The SMILES string of the molecule is Cc1cc(C)cc(CC(=O)N(Cc2ccc(Br)cc2)[C@H](Cc2ccccc2)C(=O)NC2CCCC2)c1. The molecular weight excluding hydrogens is 512 g/mol. The van der Waals surface area contributed by atoms with Crippen molar-refractivity contribution in [2.24, 2.45) is 0 Å². The molecule has 0 aliphatic heterocycles. The Hall–Kier alpha value is -2.92. The molecule has 0 saturated heterocycles. The van der Waals surface area contributed by atoms with Crippen LogP contribution in [0.1, 0.15) is 53.5 Å². The minimum absolute atomic E-state index is 0.0366. The Morgan fingerprint density at radius 3 is 2.17 bits per heavy atom. The van der Waals surface area contributed by atoms with Gasteiger partial charge in [-0.25, -0.2) is 0 Å².